The molecule has 1 N–H and O–H groups in total. The number of rotatable bonds is 6. The van der Waals surface area contributed by atoms with Gasteiger partial charge in [-0.1, -0.05) is 22.9 Å². The summed E-state index contributed by atoms with van der Waals surface area (Å²) in [6.45, 7) is 3.52. The lowest BCUT2D eigenvalue weighted by Crippen LogP contribution is -2.42. The molecule has 3 rings (SSSR count). The monoisotopic (exact) mass is 436 g/mol. The lowest BCUT2D eigenvalue weighted by Gasteiger charge is -2.31. The fourth-order valence-corrected chi connectivity index (χ4v) is 3.61. The summed E-state index contributed by atoms with van der Waals surface area (Å²) in [5.74, 6) is -0.257. The molecule has 0 bridgehead atoms. The number of benzene rings is 1. The van der Waals surface area contributed by atoms with E-state index in [9.17, 15) is 14.4 Å². The van der Waals surface area contributed by atoms with Gasteiger partial charge < -0.3 is 15.0 Å². The van der Waals surface area contributed by atoms with Crippen LogP contribution in [0.5, 0.6) is 0 Å². The molecule has 0 spiro atoms. The number of nitrogens with one attached hydrogen (secondary N) is 1. The Labute approximate surface area is 167 Å². The Balaban J connectivity index is 1.60. The van der Waals surface area contributed by atoms with Crippen LogP contribution >= 0.6 is 15.9 Å². The Bertz CT molecular complexity index is 725. The third-order valence-corrected chi connectivity index (χ3v) is 5.49. The van der Waals surface area contributed by atoms with Gasteiger partial charge in [-0.05, 0) is 50.3 Å². The number of esters is 1. The standard InChI is InChI=1S/C20H25BrN2O4/c1-2-11-27-20(26)16-12-15(21)5-6-17(16)22-18(24)13-7-9-23(10-8-13)19(25)14-3-4-14/h5-6,12-14H,2-4,7-11H2,1H3,(H,22,24). The molecule has 6 nitrogen and oxygen atoms in total. The first-order chi connectivity index (χ1) is 13.0. The average Bonchev–Trinajstić information content (AvgIpc) is 3.52. The highest BCUT2D eigenvalue weighted by atomic mass is 79.9. The number of carbonyl (C=O) groups is 3. The van der Waals surface area contributed by atoms with E-state index in [1.165, 1.54) is 0 Å². The largest absolute Gasteiger partial charge is 0.462 e. The average molecular weight is 437 g/mol. The normalized spacial score (nSPS) is 17.5. The van der Waals surface area contributed by atoms with Crippen LogP contribution in [0.25, 0.3) is 0 Å². The zero-order valence-corrected chi connectivity index (χ0v) is 17.1. The first-order valence-electron chi connectivity index (χ1n) is 9.56. The first-order valence-corrected chi connectivity index (χ1v) is 10.3. The molecule has 1 heterocycles. The molecule has 1 aromatic carbocycles. The maximum Gasteiger partial charge on any atom is 0.340 e. The van der Waals surface area contributed by atoms with Crippen molar-refractivity contribution in [2.45, 2.75) is 39.0 Å². The number of hydrogen-bond acceptors (Lipinski definition) is 4. The summed E-state index contributed by atoms with van der Waals surface area (Å²) in [6.07, 6.45) is 4.03. The summed E-state index contributed by atoms with van der Waals surface area (Å²) in [6, 6.07) is 5.14. The van der Waals surface area contributed by atoms with Crippen LogP contribution in [0.3, 0.4) is 0 Å². The maximum absolute atomic E-state index is 12.7. The van der Waals surface area contributed by atoms with E-state index >= 15 is 0 Å². The molecule has 1 aliphatic carbocycles. The highest BCUT2D eigenvalue weighted by Gasteiger charge is 2.36. The highest BCUT2D eigenvalue weighted by molar-refractivity contribution is 9.10. The summed E-state index contributed by atoms with van der Waals surface area (Å²) in [5.41, 5.74) is 0.799. The van der Waals surface area contributed by atoms with Gasteiger partial charge in [-0.25, -0.2) is 4.79 Å². The van der Waals surface area contributed by atoms with Crippen LogP contribution < -0.4 is 5.32 Å². The Morgan fingerprint density at radius 3 is 2.48 bits per heavy atom. The van der Waals surface area contributed by atoms with E-state index in [4.69, 9.17) is 4.74 Å². The van der Waals surface area contributed by atoms with Crippen molar-refractivity contribution in [3.63, 3.8) is 0 Å². The number of nitrogens with zero attached hydrogens (tertiary/aromatic N) is 1. The number of anilines is 1. The minimum atomic E-state index is -0.446. The smallest absolute Gasteiger partial charge is 0.340 e. The number of piperidine rings is 1. The molecule has 1 saturated heterocycles. The van der Waals surface area contributed by atoms with Crippen molar-refractivity contribution < 1.29 is 19.1 Å². The van der Waals surface area contributed by atoms with E-state index < -0.39 is 5.97 Å². The lowest BCUT2D eigenvalue weighted by molar-refractivity contribution is -0.135. The van der Waals surface area contributed by atoms with Gasteiger partial charge >= 0.3 is 5.97 Å². The molecule has 0 aromatic heterocycles. The van der Waals surface area contributed by atoms with E-state index in [0.29, 0.717) is 43.8 Å². The fraction of sp³-hybridized carbons (Fsp3) is 0.550. The number of halogens is 1. The summed E-state index contributed by atoms with van der Waals surface area (Å²) in [7, 11) is 0. The van der Waals surface area contributed by atoms with Gasteiger partial charge in [0, 0.05) is 29.4 Å². The third kappa shape index (κ3) is 5.09. The molecule has 7 heteroatoms. The second-order valence-electron chi connectivity index (χ2n) is 7.19. The molecule has 2 fully saturated rings. The first kappa shape index (κ1) is 19.9. The van der Waals surface area contributed by atoms with Gasteiger partial charge in [0.2, 0.25) is 11.8 Å². The Kier molecular flexibility index (Phi) is 6.52. The second-order valence-corrected chi connectivity index (χ2v) is 8.10. The summed E-state index contributed by atoms with van der Waals surface area (Å²) >= 11 is 3.35. The molecule has 146 valence electrons. The molecule has 2 amide bonds. The van der Waals surface area contributed by atoms with Crippen molar-refractivity contribution in [1.29, 1.82) is 0 Å². The molecular weight excluding hydrogens is 412 g/mol. The Morgan fingerprint density at radius 1 is 1.15 bits per heavy atom. The van der Waals surface area contributed by atoms with Gasteiger partial charge in [0.1, 0.15) is 0 Å². The highest BCUT2D eigenvalue weighted by Crippen LogP contribution is 2.32. The van der Waals surface area contributed by atoms with E-state index in [1.54, 1.807) is 18.2 Å². The molecule has 27 heavy (non-hydrogen) atoms. The summed E-state index contributed by atoms with van der Waals surface area (Å²) < 4.78 is 5.96. The number of hydrogen-bond donors (Lipinski definition) is 1. The molecular formula is C20H25BrN2O4. The zero-order chi connectivity index (χ0) is 19.4. The van der Waals surface area contributed by atoms with Crippen molar-refractivity contribution in [3.8, 4) is 0 Å². The molecule has 1 saturated carbocycles. The number of carbonyl (C=O) groups excluding carboxylic acids is 3. The van der Waals surface area contributed by atoms with Crippen molar-refractivity contribution >= 4 is 39.4 Å². The Morgan fingerprint density at radius 2 is 1.85 bits per heavy atom. The number of likely N-dealkylation sites (tertiary alicyclic amines) is 1. The zero-order valence-electron chi connectivity index (χ0n) is 15.5. The quantitative estimate of drug-likeness (QED) is 0.691. The number of ether oxygens (including phenoxy) is 1. The summed E-state index contributed by atoms with van der Waals surface area (Å²) in [4.78, 5) is 39.0. The Hall–Kier alpha value is -1.89. The van der Waals surface area contributed by atoms with Gasteiger partial charge in [0.15, 0.2) is 0 Å². The summed E-state index contributed by atoms with van der Waals surface area (Å²) in [5, 5.41) is 2.88. The van der Waals surface area contributed by atoms with Gasteiger partial charge in [0.25, 0.3) is 0 Å². The van der Waals surface area contributed by atoms with Crippen LogP contribution in [-0.4, -0.2) is 42.4 Å². The molecule has 1 aliphatic heterocycles. The van der Waals surface area contributed by atoms with Crippen LogP contribution in [0.15, 0.2) is 22.7 Å². The van der Waals surface area contributed by atoms with Crippen molar-refractivity contribution in [3.05, 3.63) is 28.2 Å². The van der Waals surface area contributed by atoms with Crippen LogP contribution in [0.1, 0.15) is 49.4 Å². The maximum atomic E-state index is 12.7. The van der Waals surface area contributed by atoms with Crippen LogP contribution in [-0.2, 0) is 14.3 Å². The SMILES string of the molecule is CCCOC(=O)c1cc(Br)ccc1NC(=O)C1CCN(C(=O)C2CC2)CC1. The molecule has 0 radical (unpaired) electrons. The predicted molar refractivity (Wildman–Crippen MR) is 105 cm³/mol. The van der Waals surface area contributed by atoms with Gasteiger partial charge in [0.05, 0.1) is 17.9 Å². The van der Waals surface area contributed by atoms with Crippen molar-refractivity contribution in [2.75, 3.05) is 25.0 Å². The predicted octanol–water partition coefficient (Wildman–Crippen LogP) is 3.60. The van der Waals surface area contributed by atoms with Crippen molar-refractivity contribution in [1.82, 2.24) is 4.90 Å². The lowest BCUT2D eigenvalue weighted by atomic mass is 9.95. The second kappa shape index (κ2) is 8.87. The topological polar surface area (TPSA) is 75.7 Å². The van der Waals surface area contributed by atoms with E-state index in [-0.39, 0.29) is 23.7 Å². The van der Waals surface area contributed by atoms with Crippen LogP contribution in [0.2, 0.25) is 0 Å². The van der Waals surface area contributed by atoms with Crippen LogP contribution in [0.4, 0.5) is 5.69 Å². The van der Waals surface area contributed by atoms with Crippen LogP contribution in [0, 0.1) is 11.8 Å². The fourth-order valence-electron chi connectivity index (χ4n) is 3.25. The van der Waals surface area contributed by atoms with E-state index in [2.05, 4.69) is 21.2 Å². The molecule has 0 atom stereocenters. The van der Waals surface area contributed by atoms with Crippen molar-refractivity contribution in [2.24, 2.45) is 11.8 Å². The van der Waals surface area contributed by atoms with Gasteiger partial charge in [-0.2, -0.15) is 0 Å². The molecule has 2 aliphatic rings. The molecule has 0 unspecified atom stereocenters. The van der Waals surface area contributed by atoms with E-state index in [0.717, 1.165) is 23.7 Å². The van der Waals surface area contributed by atoms with Gasteiger partial charge in [-0.3, -0.25) is 9.59 Å². The minimum Gasteiger partial charge on any atom is -0.462 e. The number of amides is 2. The van der Waals surface area contributed by atoms with Gasteiger partial charge in [-0.15, -0.1) is 0 Å². The third-order valence-electron chi connectivity index (χ3n) is 5.00. The minimum absolute atomic E-state index is 0.111. The molecule has 1 aromatic rings. The van der Waals surface area contributed by atoms with E-state index in [1.807, 2.05) is 11.8 Å².